The number of rotatable bonds is 0. The second-order valence-electron chi connectivity index (χ2n) is 2.49. The molecule has 0 aromatic carbocycles. The molecule has 0 radical (unpaired) electrons. The highest BCUT2D eigenvalue weighted by molar-refractivity contribution is 7.85. The molecule has 0 saturated carbocycles. The van der Waals surface area contributed by atoms with Crippen LogP contribution >= 0.6 is 0 Å². The van der Waals surface area contributed by atoms with E-state index in [4.69, 9.17) is 9.96 Å². The van der Waals surface area contributed by atoms with Crippen molar-refractivity contribution in [2.24, 2.45) is 0 Å². The summed E-state index contributed by atoms with van der Waals surface area (Å²) >= 11 is 0. The van der Waals surface area contributed by atoms with Gasteiger partial charge in [-0.2, -0.15) is 8.42 Å². The van der Waals surface area contributed by atoms with E-state index in [0.717, 1.165) is 0 Å². The average molecular weight is 209 g/mol. The molecule has 0 atom stereocenters. The van der Waals surface area contributed by atoms with Gasteiger partial charge >= 0.3 is 0 Å². The van der Waals surface area contributed by atoms with E-state index in [0.29, 0.717) is 12.8 Å². The lowest BCUT2D eigenvalue weighted by Gasteiger charge is -2.03. The quantitative estimate of drug-likeness (QED) is 0.420. The molecule has 1 aliphatic rings. The lowest BCUT2D eigenvalue weighted by Crippen LogP contribution is -2.25. The van der Waals surface area contributed by atoms with Gasteiger partial charge in [-0.25, -0.2) is 0 Å². The summed E-state index contributed by atoms with van der Waals surface area (Å²) in [5.41, 5.74) is 0. The third kappa shape index (κ3) is 7.22. The minimum absolute atomic E-state index is 0.0995. The van der Waals surface area contributed by atoms with Crippen LogP contribution in [0.25, 0.3) is 0 Å². The molecule has 13 heavy (non-hydrogen) atoms. The van der Waals surface area contributed by atoms with Gasteiger partial charge in [-0.05, 0) is 0 Å². The molecule has 1 fully saturated rings. The highest BCUT2D eigenvalue weighted by Crippen LogP contribution is 1.89. The molecule has 7 nitrogen and oxygen atoms in total. The van der Waals surface area contributed by atoms with Crippen molar-refractivity contribution in [1.82, 2.24) is 10.2 Å². The third-order valence-corrected chi connectivity index (χ3v) is 1.02. The Labute approximate surface area is 76.0 Å². The van der Waals surface area contributed by atoms with Crippen LogP contribution in [0.15, 0.2) is 0 Å². The summed E-state index contributed by atoms with van der Waals surface area (Å²) < 4.78 is 25.9. The van der Waals surface area contributed by atoms with Crippen molar-refractivity contribution >= 4 is 22.0 Å². The minimum Gasteiger partial charge on any atom is -0.337 e. The Morgan fingerprint density at radius 3 is 2.08 bits per heavy atom. The molecule has 76 valence electrons. The Morgan fingerprint density at radius 2 is 2.00 bits per heavy atom. The molecular weight excluding hydrogens is 198 g/mol. The van der Waals surface area contributed by atoms with Gasteiger partial charge in [0.15, 0.2) is 5.96 Å². The summed E-state index contributed by atoms with van der Waals surface area (Å²) in [6, 6.07) is 0. The van der Waals surface area contributed by atoms with Crippen LogP contribution in [0.2, 0.25) is 0 Å². The Kier molecular flexibility index (Phi) is 3.82. The molecule has 0 bridgehead atoms. The first-order valence-electron chi connectivity index (χ1n) is 3.22. The molecule has 8 heteroatoms. The van der Waals surface area contributed by atoms with Crippen molar-refractivity contribution in [3.05, 3.63) is 0 Å². The van der Waals surface area contributed by atoms with E-state index in [2.05, 4.69) is 5.32 Å². The monoisotopic (exact) mass is 209 g/mol. The number of hydrogen-bond acceptors (Lipinski definition) is 4. The summed E-state index contributed by atoms with van der Waals surface area (Å²) in [6.07, 6.45) is 0.715. The molecule has 0 aromatic heterocycles. The normalized spacial score (nSPS) is 16.4. The fourth-order valence-electron chi connectivity index (χ4n) is 0.561. The Balaban J connectivity index is 0.000000252. The van der Waals surface area contributed by atoms with Crippen LogP contribution in [0.5, 0.6) is 0 Å². The number of guanidine groups is 1. The van der Waals surface area contributed by atoms with Crippen molar-refractivity contribution in [3.63, 3.8) is 0 Å². The van der Waals surface area contributed by atoms with Crippen molar-refractivity contribution in [1.29, 1.82) is 5.41 Å². The topological polar surface area (TPSA) is 111 Å². The first-order valence-corrected chi connectivity index (χ1v) is 5.07. The highest BCUT2D eigenvalue weighted by atomic mass is 32.2. The lowest BCUT2D eigenvalue weighted by molar-refractivity contribution is -0.118. The van der Waals surface area contributed by atoms with E-state index < -0.39 is 10.1 Å². The van der Waals surface area contributed by atoms with E-state index in [1.165, 1.54) is 0 Å². The third-order valence-electron chi connectivity index (χ3n) is 1.02. The summed E-state index contributed by atoms with van der Waals surface area (Å²) in [5.74, 6) is 0.0903. The van der Waals surface area contributed by atoms with Crippen LogP contribution in [-0.2, 0) is 14.9 Å². The summed E-state index contributed by atoms with van der Waals surface area (Å²) in [6.45, 7) is 0.318. The first kappa shape index (κ1) is 11.8. The highest BCUT2D eigenvalue weighted by Gasteiger charge is 2.18. The fourth-order valence-corrected chi connectivity index (χ4v) is 0.561. The summed E-state index contributed by atoms with van der Waals surface area (Å²) in [5, 5.41) is 9.32. The number of nitrogens with one attached hydrogen (secondary N) is 2. The average Bonchev–Trinajstić information content (AvgIpc) is 2.05. The molecule has 1 aliphatic heterocycles. The maximum absolute atomic E-state index is 10.4. The van der Waals surface area contributed by atoms with Crippen LogP contribution in [-0.4, -0.2) is 49.6 Å². The minimum atomic E-state index is -3.67. The Hall–Kier alpha value is -1.15. The maximum Gasteiger partial charge on any atom is 0.261 e. The second kappa shape index (κ2) is 4.19. The molecule has 1 heterocycles. The van der Waals surface area contributed by atoms with E-state index in [1.54, 1.807) is 11.9 Å². The molecule has 0 spiro atoms. The number of hydrogen-bond donors (Lipinski definition) is 3. The van der Waals surface area contributed by atoms with Crippen LogP contribution in [0.1, 0.15) is 0 Å². The number of carbonyl (C=O) groups excluding carboxylic acids is 1. The predicted octanol–water partition coefficient (Wildman–Crippen LogP) is -1.51. The van der Waals surface area contributed by atoms with Crippen molar-refractivity contribution in [3.8, 4) is 0 Å². The van der Waals surface area contributed by atoms with Gasteiger partial charge < -0.3 is 4.90 Å². The van der Waals surface area contributed by atoms with E-state index in [-0.39, 0.29) is 11.9 Å². The van der Waals surface area contributed by atoms with Crippen molar-refractivity contribution in [2.75, 3.05) is 19.8 Å². The van der Waals surface area contributed by atoms with E-state index >= 15 is 0 Å². The van der Waals surface area contributed by atoms with Crippen LogP contribution < -0.4 is 5.32 Å². The molecule has 0 aromatic rings. The second-order valence-corrected chi connectivity index (χ2v) is 3.95. The zero-order valence-electron chi connectivity index (χ0n) is 7.23. The van der Waals surface area contributed by atoms with Crippen molar-refractivity contribution in [2.45, 2.75) is 0 Å². The van der Waals surface area contributed by atoms with E-state index in [1.807, 2.05) is 0 Å². The van der Waals surface area contributed by atoms with Gasteiger partial charge in [0.05, 0.1) is 12.8 Å². The molecule has 0 unspecified atom stereocenters. The van der Waals surface area contributed by atoms with Crippen LogP contribution in [0.3, 0.4) is 0 Å². The van der Waals surface area contributed by atoms with Gasteiger partial charge in [0.1, 0.15) is 0 Å². The van der Waals surface area contributed by atoms with Crippen LogP contribution in [0, 0.1) is 5.41 Å². The molecular formula is C5H11N3O4S. The Bertz CT molecular complexity index is 302. The molecule has 1 rings (SSSR count). The maximum atomic E-state index is 10.4. The molecule has 0 aliphatic carbocycles. The Morgan fingerprint density at radius 1 is 1.62 bits per heavy atom. The van der Waals surface area contributed by atoms with Gasteiger partial charge in [-0.15, -0.1) is 0 Å². The smallest absolute Gasteiger partial charge is 0.261 e. The van der Waals surface area contributed by atoms with Gasteiger partial charge in [-0.1, -0.05) is 0 Å². The number of amides is 1. The van der Waals surface area contributed by atoms with Crippen molar-refractivity contribution < 1.29 is 17.8 Å². The molecule has 3 N–H and O–H groups in total. The first-order chi connectivity index (χ1) is 5.70. The number of nitrogens with zero attached hydrogens (tertiary/aromatic N) is 1. The van der Waals surface area contributed by atoms with Crippen LogP contribution in [0.4, 0.5) is 0 Å². The largest absolute Gasteiger partial charge is 0.337 e. The summed E-state index contributed by atoms with van der Waals surface area (Å²) in [7, 11) is -1.97. The molecule has 1 amide bonds. The SMILES string of the molecule is CN1CC(=O)NC1=N.CS(=O)(=O)O. The standard InChI is InChI=1S/C4H7N3O.CH4O3S/c1-7-2-3(8)6-4(7)5;1-5(2,3)4/h2H2,1H3,(H2,5,6,8);1H3,(H,2,3,4). The fraction of sp³-hybridized carbons (Fsp3) is 0.600. The van der Waals surface area contributed by atoms with E-state index in [9.17, 15) is 13.2 Å². The molecule has 1 saturated heterocycles. The predicted molar refractivity (Wildman–Crippen MR) is 46.0 cm³/mol. The zero-order chi connectivity index (χ0) is 10.6. The van der Waals surface area contributed by atoms with Gasteiger partial charge in [0.2, 0.25) is 5.91 Å². The van der Waals surface area contributed by atoms with Gasteiger partial charge in [0, 0.05) is 7.05 Å². The zero-order valence-corrected chi connectivity index (χ0v) is 8.05. The lowest BCUT2D eigenvalue weighted by atomic mass is 10.6. The number of carbonyl (C=O) groups is 1. The summed E-state index contributed by atoms with van der Waals surface area (Å²) in [4.78, 5) is 11.9. The van der Waals surface area contributed by atoms with Gasteiger partial charge in [0.25, 0.3) is 10.1 Å². The number of likely N-dealkylation sites (N-methyl/N-ethyl adjacent to an activating group) is 1. The van der Waals surface area contributed by atoms with Gasteiger partial charge in [-0.3, -0.25) is 20.1 Å².